The van der Waals surface area contributed by atoms with Gasteiger partial charge in [-0.05, 0) is 46.8 Å². The standard InChI is InChI=1S/C13H14BrFO2/c14-11-3-1-2-10(13(11)15)12(16)8-9-4-6-17-7-5-9/h1-3,9H,4-8H2. The molecule has 0 amide bonds. The summed E-state index contributed by atoms with van der Waals surface area (Å²) in [4.78, 5) is 12.0. The van der Waals surface area contributed by atoms with E-state index in [9.17, 15) is 9.18 Å². The molecule has 1 heterocycles. The van der Waals surface area contributed by atoms with Gasteiger partial charge in [0.2, 0.25) is 0 Å². The lowest BCUT2D eigenvalue weighted by Gasteiger charge is -2.21. The lowest BCUT2D eigenvalue weighted by Crippen LogP contribution is -2.19. The Morgan fingerprint density at radius 3 is 2.82 bits per heavy atom. The molecule has 0 saturated carbocycles. The van der Waals surface area contributed by atoms with Gasteiger partial charge in [0, 0.05) is 19.6 Å². The molecule has 0 bridgehead atoms. The van der Waals surface area contributed by atoms with E-state index < -0.39 is 5.82 Å². The topological polar surface area (TPSA) is 26.3 Å². The molecule has 0 N–H and O–H groups in total. The van der Waals surface area contributed by atoms with Gasteiger partial charge in [0.1, 0.15) is 5.82 Å². The van der Waals surface area contributed by atoms with Gasteiger partial charge in [-0.3, -0.25) is 4.79 Å². The van der Waals surface area contributed by atoms with Crippen molar-refractivity contribution < 1.29 is 13.9 Å². The molecule has 1 saturated heterocycles. The predicted molar refractivity (Wildman–Crippen MR) is 66.6 cm³/mol. The first-order chi connectivity index (χ1) is 8.18. The van der Waals surface area contributed by atoms with E-state index >= 15 is 0 Å². The van der Waals surface area contributed by atoms with E-state index in [-0.39, 0.29) is 11.3 Å². The summed E-state index contributed by atoms with van der Waals surface area (Å²) in [6.07, 6.45) is 2.19. The van der Waals surface area contributed by atoms with Crippen LogP contribution >= 0.6 is 15.9 Å². The van der Waals surface area contributed by atoms with E-state index in [1.807, 2.05) is 0 Å². The second kappa shape index (κ2) is 5.74. The first-order valence-corrected chi connectivity index (χ1v) is 6.52. The van der Waals surface area contributed by atoms with Gasteiger partial charge in [0.05, 0.1) is 10.0 Å². The Labute approximate surface area is 108 Å². The summed E-state index contributed by atoms with van der Waals surface area (Å²) in [5.41, 5.74) is 0.186. The number of ether oxygens (including phenoxy) is 1. The van der Waals surface area contributed by atoms with E-state index in [1.54, 1.807) is 18.2 Å². The van der Waals surface area contributed by atoms with Crippen LogP contribution in [0.3, 0.4) is 0 Å². The highest BCUT2D eigenvalue weighted by Gasteiger charge is 2.20. The molecule has 92 valence electrons. The number of hydrogen-bond donors (Lipinski definition) is 0. The van der Waals surface area contributed by atoms with Gasteiger partial charge in [-0.2, -0.15) is 0 Å². The lowest BCUT2D eigenvalue weighted by molar-refractivity contribution is 0.0600. The second-order valence-electron chi connectivity index (χ2n) is 4.28. The average Bonchev–Trinajstić information content (AvgIpc) is 2.34. The molecule has 2 rings (SSSR count). The number of Topliss-reactive ketones (excluding diaryl/α,β-unsaturated/α-hetero) is 1. The van der Waals surface area contributed by atoms with Gasteiger partial charge in [-0.1, -0.05) is 6.07 Å². The number of benzene rings is 1. The van der Waals surface area contributed by atoms with Crippen LogP contribution < -0.4 is 0 Å². The SMILES string of the molecule is O=C(CC1CCOCC1)c1cccc(Br)c1F. The normalized spacial score (nSPS) is 17.1. The molecule has 0 aliphatic carbocycles. The van der Waals surface area contributed by atoms with Crippen LogP contribution in [0.25, 0.3) is 0 Å². The fourth-order valence-corrected chi connectivity index (χ4v) is 2.41. The van der Waals surface area contributed by atoms with Gasteiger partial charge in [0.15, 0.2) is 5.78 Å². The maximum absolute atomic E-state index is 13.7. The molecular formula is C13H14BrFO2. The van der Waals surface area contributed by atoms with Crippen molar-refractivity contribution in [2.75, 3.05) is 13.2 Å². The molecule has 17 heavy (non-hydrogen) atoms. The van der Waals surface area contributed by atoms with Crippen molar-refractivity contribution in [3.63, 3.8) is 0 Å². The van der Waals surface area contributed by atoms with Crippen LogP contribution in [0.2, 0.25) is 0 Å². The van der Waals surface area contributed by atoms with Gasteiger partial charge in [-0.25, -0.2) is 4.39 Å². The van der Waals surface area contributed by atoms with Crippen LogP contribution in [0.4, 0.5) is 4.39 Å². The monoisotopic (exact) mass is 300 g/mol. The van der Waals surface area contributed by atoms with E-state index in [4.69, 9.17) is 4.74 Å². The number of carbonyl (C=O) groups excluding carboxylic acids is 1. The van der Waals surface area contributed by atoms with Crippen molar-refractivity contribution >= 4 is 21.7 Å². The molecule has 0 unspecified atom stereocenters. The quantitative estimate of drug-likeness (QED) is 0.798. The minimum atomic E-state index is -0.454. The fraction of sp³-hybridized carbons (Fsp3) is 0.462. The molecule has 1 fully saturated rings. The highest BCUT2D eigenvalue weighted by Crippen LogP contribution is 2.24. The number of halogens is 2. The zero-order valence-corrected chi connectivity index (χ0v) is 11.0. The van der Waals surface area contributed by atoms with Crippen LogP contribution in [0.15, 0.2) is 22.7 Å². The van der Waals surface area contributed by atoms with Crippen LogP contribution in [0, 0.1) is 11.7 Å². The third kappa shape index (κ3) is 3.13. The number of ketones is 1. The Kier molecular flexibility index (Phi) is 4.29. The number of carbonyl (C=O) groups is 1. The molecule has 0 aromatic heterocycles. The van der Waals surface area contributed by atoms with E-state index in [0.29, 0.717) is 30.0 Å². The maximum Gasteiger partial charge on any atom is 0.166 e. The van der Waals surface area contributed by atoms with Crippen LogP contribution in [0.5, 0.6) is 0 Å². The highest BCUT2D eigenvalue weighted by molar-refractivity contribution is 9.10. The van der Waals surface area contributed by atoms with Crippen molar-refractivity contribution in [1.82, 2.24) is 0 Å². The summed E-state index contributed by atoms with van der Waals surface area (Å²) >= 11 is 3.09. The average molecular weight is 301 g/mol. The summed E-state index contributed by atoms with van der Waals surface area (Å²) in [5, 5.41) is 0. The van der Waals surface area contributed by atoms with Gasteiger partial charge >= 0.3 is 0 Å². The second-order valence-corrected chi connectivity index (χ2v) is 5.14. The number of hydrogen-bond acceptors (Lipinski definition) is 2. The third-order valence-corrected chi connectivity index (χ3v) is 3.68. The molecule has 0 atom stereocenters. The van der Waals surface area contributed by atoms with Crippen LogP contribution in [0.1, 0.15) is 29.6 Å². The minimum Gasteiger partial charge on any atom is -0.381 e. The molecule has 1 aromatic carbocycles. The maximum atomic E-state index is 13.7. The summed E-state index contributed by atoms with van der Waals surface area (Å²) < 4.78 is 19.3. The molecule has 1 aliphatic rings. The van der Waals surface area contributed by atoms with Gasteiger partial charge in [0.25, 0.3) is 0 Å². The summed E-state index contributed by atoms with van der Waals surface area (Å²) in [6, 6.07) is 4.83. The van der Waals surface area contributed by atoms with E-state index in [1.165, 1.54) is 0 Å². The minimum absolute atomic E-state index is 0.115. The zero-order chi connectivity index (χ0) is 12.3. The Bertz CT molecular complexity index is 414. The molecule has 0 spiro atoms. The van der Waals surface area contributed by atoms with Crippen molar-refractivity contribution in [2.24, 2.45) is 5.92 Å². The predicted octanol–water partition coefficient (Wildman–Crippen LogP) is 3.59. The largest absolute Gasteiger partial charge is 0.381 e. The summed E-state index contributed by atoms with van der Waals surface area (Å²) in [7, 11) is 0. The number of rotatable bonds is 3. The Morgan fingerprint density at radius 1 is 1.41 bits per heavy atom. The fourth-order valence-electron chi connectivity index (χ4n) is 2.04. The first-order valence-electron chi connectivity index (χ1n) is 5.73. The highest BCUT2D eigenvalue weighted by atomic mass is 79.9. The Morgan fingerprint density at radius 2 is 2.12 bits per heavy atom. The van der Waals surface area contributed by atoms with Gasteiger partial charge in [-0.15, -0.1) is 0 Å². The molecule has 0 radical (unpaired) electrons. The summed E-state index contributed by atoms with van der Waals surface area (Å²) in [5.74, 6) is -0.241. The van der Waals surface area contributed by atoms with Crippen molar-refractivity contribution in [3.8, 4) is 0 Å². The van der Waals surface area contributed by atoms with Crippen LogP contribution in [-0.4, -0.2) is 19.0 Å². The van der Waals surface area contributed by atoms with E-state index in [0.717, 1.165) is 12.8 Å². The Balaban J connectivity index is 2.06. The van der Waals surface area contributed by atoms with Gasteiger partial charge < -0.3 is 4.74 Å². The molecule has 1 aliphatic heterocycles. The molecule has 2 nitrogen and oxygen atoms in total. The molecule has 4 heteroatoms. The molecular weight excluding hydrogens is 287 g/mol. The lowest BCUT2D eigenvalue weighted by atomic mass is 9.92. The molecule has 1 aromatic rings. The smallest absolute Gasteiger partial charge is 0.166 e. The van der Waals surface area contributed by atoms with Crippen LogP contribution in [-0.2, 0) is 4.74 Å². The third-order valence-electron chi connectivity index (χ3n) is 3.07. The van der Waals surface area contributed by atoms with Crippen molar-refractivity contribution in [2.45, 2.75) is 19.3 Å². The Hall–Kier alpha value is -0.740. The first kappa shape index (κ1) is 12.7. The van der Waals surface area contributed by atoms with Crippen molar-refractivity contribution in [3.05, 3.63) is 34.1 Å². The van der Waals surface area contributed by atoms with Crippen molar-refractivity contribution in [1.29, 1.82) is 0 Å². The summed E-state index contributed by atoms with van der Waals surface area (Å²) in [6.45, 7) is 1.41. The zero-order valence-electron chi connectivity index (χ0n) is 9.42. The van der Waals surface area contributed by atoms with E-state index in [2.05, 4.69) is 15.9 Å².